The summed E-state index contributed by atoms with van der Waals surface area (Å²) in [6, 6.07) is 28.7. The van der Waals surface area contributed by atoms with E-state index in [0.717, 1.165) is 16.0 Å². The molecule has 4 aromatic rings. The van der Waals surface area contributed by atoms with Gasteiger partial charge in [-0.25, -0.2) is 8.42 Å². The fourth-order valence-electron chi connectivity index (χ4n) is 3.84. The molecule has 0 saturated heterocycles. The van der Waals surface area contributed by atoms with Crippen LogP contribution in [0.1, 0.15) is 27.0 Å². The molecule has 196 valence electrons. The molecule has 38 heavy (non-hydrogen) atoms. The van der Waals surface area contributed by atoms with E-state index < -0.39 is 10.0 Å². The van der Waals surface area contributed by atoms with Gasteiger partial charge in [-0.2, -0.15) is 0 Å². The molecule has 1 amide bonds. The number of benzene rings is 4. The average molecular weight is 565 g/mol. The molecule has 0 aliphatic heterocycles. The number of nitrogens with one attached hydrogen (secondary N) is 1. The molecule has 0 aliphatic carbocycles. The Bertz CT molecular complexity index is 1490. The zero-order chi connectivity index (χ0) is 27.1. The van der Waals surface area contributed by atoms with Crippen molar-refractivity contribution >= 4 is 45.0 Å². The Morgan fingerprint density at radius 3 is 2.11 bits per heavy atom. The number of para-hydroxylation sites is 1. The first-order chi connectivity index (χ1) is 18.2. The molecule has 1 N–H and O–H groups in total. The van der Waals surface area contributed by atoms with E-state index in [1.54, 1.807) is 84.6 Å². The summed E-state index contributed by atoms with van der Waals surface area (Å²) in [6.45, 7) is 4.43. The van der Waals surface area contributed by atoms with Crippen LogP contribution in [0.5, 0.6) is 0 Å². The topological polar surface area (TPSA) is 66.5 Å². The van der Waals surface area contributed by atoms with Gasteiger partial charge in [0.2, 0.25) is 0 Å². The maximum atomic E-state index is 13.9. The van der Waals surface area contributed by atoms with E-state index in [0.29, 0.717) is 23.0 Å². The van der Waals surface area contributed by atoms with E-state index in [9.17, 15) is 13.2 Å². The third kappa shape index (κ3) is 6.98. The van der Waals surface area contributed by atoms with Crippen LogP contribution in [0.15, 0.2) is 107 Å². The van der Waals surface area contributed by atoms with Gasteiger partial charge in [-0.1, -0.05) is 71.3 Å². The molecule has 0 aromatic heterocycles. The third-order valence-electron chi connectivity index (χ3n) is 5.94. The molecule has 0 atom stereocenters. The number of carbonyl (C=O) groups is 1. The van der Waals surface area contributed by atoms with E-state index in [4.69, 9.17) is 11.6 Å². The molecule has 0 heterocycles. The molecule has 0 radical (unpaired) electrons. The van der Waals surface area contributed by atoms with Crippen molar-refractivity contribution in [3.8, 4) is 0 Å². The van der Waals surface area contributed by atoms with Gasteiger partial charge in [0.25, 0.3) is 15.9 Å². The highest BCUT2D eigenvalue weighted by Gasteiger charge is 2.28. The minimum absolute atomic E-state index is 0.0426. The summed E-state index contributed by atoms with van der Waals surface area (Å²) >= 11 is 7.70. The normalized spacial score (nSPS) is 11.2. The zero-order valence-electron chi connectivity index (χ0n) is 21.2. The molecule has 0 spiro atoms. The van der Waals surface area contributed by atoms with Crippen LogP contribution in [0.3, 0.4) is 0 Å². The number of aryl methyl sites for hydroxylation is 2. The lowest BCUT2D eigenvalue weighted by molar-refractivity contribution is 0.0957. The Hall–Kier alpha value is -3.26. The molecule has 0 unspecified atom stereocenters. The first kappa shape index (κ1) is 27.8. The number of sulfonamides is 1. The number of halogens is 1. The van der Waals surface area contributed by atoms with Gasteiger partial charge in [0.15, 0.2) is 0 Å². The smallest absolute Gasteiger partial charge is 0.264 e. The monoisotopic (exact) mass is 564 g/mol. The lowest BCUT2D eigenvalue weighted by atomic mass is 10.1. The minimum Gasteiger partial charge on any atom is -0.351 e. The molecule has 4 aromatic carbocycles. The summed E-state index contributed by atoms with van der Waals surface area (Å²) in [4.78, 5) is 14.6. The van der Waals surface area contributed by atoms with E-state index in [1.807, 2.05) is 13.8 Å². The average Bonchev–Trinajstić information content (AvgIpc) is 2.92. The summed E-state index contributed by atoms with van der Waals surface area (Å²) in [5.41, 5.74) is 3.50. The van der Waals surface area contributed by atoms with Gasteiger partial charge in [0.05, 0.1) is 22.7 Å². The largest absolute Gasteiger partial charge is 0.351 e. The van der Waals surface area contributed by atoms with Gasteiger partial charge in [-0.15, -0.1) is 11.8 Å². The van der Waals surface area contributed by atoms with Crippen molar-refractivity contribution in [3.05, 3.63) is 124 Å². The summed E-state index contributed by atoms with van der Waals surface area (Å²) in [6.07, 6.45) is 0. The number of amides is 1. The van der Waals surface area contributed by atoms with Crippen molar-refractivity contribution in [1.82, 2.24) is 5.32 Å². The van der Waals surface area contributed by atoms with E-state index in [-0.39, 0.29) is 22.9 Å². The standard InChI is InChI=1S/C30H29ClN2O3S2/c1-22-7-15-26(16-8-22)37-20-19-32-30(34)28-5-3-4-6-29(28)33(21-24-11-13-25(31)14-12-24)38(35,36)27-17-9-23(2)10-18-27/h3-18H,19-21H2,1-2H3,(H,32,34). The fourth-order valence-corrected chi connectivity index (χ4v) is 6.21. The second-order valence-corrected chi connectivity index (χ2v) is 12.4. The van der Waals surface area contributed by atoms with Crippen LogP contribution in [-0.2, 0) is 16.6 Å². The Morgan fingerprint density at radius 2 is 1.45 bits per heavy atom. The maximum absolute atomic E-state index is 13.9. The Morgan fingerprint density at radius 1 is 0.842 bits per heavy atom. The van der Waals surface area contributed by atoms with Gasteiger partial charge in [0.1, 0.15) is 0 Å². The Labute approximate surface area is 233 Å². The molecule has 0 saturated carbocycles. The van der Waals surface area contributed by atoms with Crippen molar-refractivity contribution in [1.29, 1.82) is 0 Å². The van der Waals surface area contributed by atoms with Crippen LogP contribution in [-0.4, -0.2) is 26.6 Å². The molecule has 0 aliphatic rings. The molecule has 0 bridgehead atoms. The first-order valence-electron chi connectivity index (χ1n) is 12.1. The van der Waals surface area contributed by atoms with Crippen molar-refractivity contribution < 1.29 is 13.2 Å². The first-order valence-corrected chi connectivity index (χ1v) is 14.9. The molecular weight excluding hydrogens is 536 g/mol. The van der Waals surface area contributed by atoms with Crippen molar-refractivity contribution in [2.45, 2.75) is 30.2 Å². The second-order valence-electron chi connectivity index (χ2n) is 8.89. The van der Waals surface area contributed by atoms with Gasteiger partial charge < -0.3 is 5.32 Å². The quantitative estimate of drug-likeness (QED) is 0.168. The van der Waals surface area contributed by atoms with Gasteiger partial charge in [-0.3, -0.25) is 9.10 Å². The number of nitrogens with zero attached hydrogens (tertiary/aromatic N) is 1. The number of carbonyl (C=O) groups excluding carboxylic acids is 1. The molecule has 0 fully saturated rings. The predicted molar refractivity (Wildman–Crippen MR) is 157 cm³/mol. The Balaban J connectivity index is 1.60. The number of hydrogen-bond acceptors (Lipinski definition) is 4. The van der Waals surface area contributed by atoms with Crippen molar-refractivity contribution in [2.75, 3.05) is 16.6 Å². The van der Waals surface area contributed by atoms with Crippen molar-refractivity contribution in [3.63, 3.8) is 0 Å². The zero-order valence-corrected chi connectivity index (χ0v) is 23.6. The van der Waals surface area contributed by atoms with E-state index in [1.165, 1.54) is 9.87 Å². The highest BCUT2D eigenvalue weighted by molar-refractivity contribution is 7.99. The van der Waals surface area contributed by atoms with Crippen LogP contribution in [0, 0.1) is 13.8 Å². The SMILES string of the molecule is Cc1ccc(SCCNC(=O)c2ccccc2N(Cc2ccc(Cl)cc2)S(=O)(=O)c2ccc(C)cc2)cc1. The van der Waals surface area contributed by atoms with Crippen molar-refractivity contribution in [2.24, 2.45) is 0 Å². The van der Waals surface area contributed by atoms with Crippen LogP contribution in [0.2, 0.25) is 5.02 Å². The predicted octanol–water partition coefficient (Wildman–Crippen LogP) is 6.87. The second kappa shape index (κ2) is 12.5. The molecule has 8 heteroatoms. The van der Waals surface area contributed by atoms with Crippen LogP contribution < -0.4 is 9.62 Å². The Kier molecular flexibility index (Phi) is 9.15. The lowest BCUT2D eigenvalue weighted by Crippen LogP contribution is -2.34. The third-order valence-corrected chi connectivity index (χ3v) is 8.98. The number of hydrogen-bond donors (Lipinski definition) is 1. The summed E-state index contributed by atoms with van der Waals surface area (Å²) < 4.78 is 29.1. The van der Waals surface area contributed by atoms with E-state index in [2.05, 4.69) is 29.6 Å². The minimum atomic E-state index is -3.98. The van der Waals surface area contributed by atoms with Crippen LogP contribution in [0.25, 0.3) is 0 Å². The number of thioether (sulfide) groups is 1. The van der Waals surface area contributed by atoms with Gasteiger partial charge >= 0.3 is 0 Å². The van der Waals surface area contributed by atoms with Gasteiger partial charge in [-0.05, 0) is 67.9 Å². The summed E-state index contributed by atoms with van der Waals surface area (Å²) in [5.74, 6) is 0.359. The highest BCUT2D eigenvalue weighted by atomic mass is 35.5. The van der Waals surface area contributed by atoms with Gasteiger partial charge in [0, 0.05) is 22.2 Å². The summed E-state index contributed by atoms with van der Waals surface area (Å²) in [5, 5.41) is 3.51. The van der Waals surface area contributed by atoms with Crippen LogP contribution in [0.4, 0.5) is 5.69 Å². The summed E-state index contributed by atoms with van der Waals surface area (Å²) in [7, 11) is -3.98. The molecule has 4 rings (SSSR count). The van der Waals surface area contributed by atoms with Crippen LogP contribution >= 0.6 is 23.4 Å². The fraction of sp³-hybridized carbons (Fsp3) is 0.167. The molecular formula is C30H29ClN2O3S2. The lowest BCUT2D eigenvalue weighted by Gasteiger charge is -2.27. The number of rotatable bonds is 10. The number of anilines is 1. The maximum Gasteiger partial charge on any atom is 0.264 e. The van der Waals surface area contributed by atoms with E-state index >= 15 is 0 Å². The highest BCUT2D eigenvalue weighted by Crippen LogP contribution is 2.30. The molecule has 5 nitrogen and oxygen atoms in total.